The Morgan fingerprint density at radius 2 is 2.23 bits per heavy atom. The van der Waals surface area contributed by atoms with Crippen LogP contribution in [0.4, 0.5) is 0 Å². The van der Waals surface area contributed by atoms with Crippen molar-refractivity contribution in [3.05, 3.63) is 40.2 Å². The van der Waals surface area contributed by atoms with Crippen molar-refractivity contribution in [2.24, 2.45) is 10.7 Å². The Balaban J connectivity index is 1.66. The number of nitrogens with one attached hydrogen (secondary N) is 1. The molecule has 0 saturated carbocycles. The van der Waals surface area contributed by atoms with Crippen LogP contribution < -0.4 is 10.5 Å². The lowest BCUT2D eigenvalue weighted by atomic mass is 9.97. The van der Waals surface area contributed by atoms with Gasteiger partial charge in [-0.1, -0.05) is 23.7 Å². The molecule has 0 bridgehead atoms. The molecule has 0 aliphatic carbocycles. The normalized spacial score (nSPS) is 25.4. The molecule has 0 spiro atoms. The fourth-order valence-electron chi connectivity index (χ4n) is 4.07. The van der Waals surface area contributed by atoms with Crippen molar-refractivity contribution >= 4 is 49.8 Å². The first-order chi connectivity index (χ1) is 14.3. The fraction of sp³-hybridized carbons (Fsp3) is 0.316. The van der Waals surface area contributed by atoms with Gasteiger partial charge in [0.15, 0.2) is 0 Å². The molecule has 2 aliphatic heterocycles. The number of aromatic amines is 1. The van der Waals surface area contributed by atoms with Crippen LogP contribution in [0.25, 0.3) is 21.5 Å². The maximum Gasteiger partial charge on any atom is 0.267 e. The Labute approximate surface area is 182 Å². The lowest BCUT2D eigenvalue weighted by Crippen LogP contribution is -2.55. The zero-order valence-electron chi connectivity index (χ0n) is 16.2. The third-order valence-corrected chi connectivity index (χ3v) is 9.38. The topological polar surface area (TPSA) is 110 Å². The third kappa shape index (κ3) is 2.60. The molecule has 0 radical (unpaired) electrons. The number of para-hydroxylation sites is 1. The minimum Gasteiger partial charge on any atom is -0.495 e. The second-order valence-corrected chi connectivity index (χ2v) is 10.7. The number of nitrogens with zero attached hydrogens (tertiary/aromatic N) is 2. The summed E-state index contributed by atoms with van der Waals surface area (Å²) in [5.41, 5.74) is 5.39. The predicted molar refractivity (Wildman–Crippen MR) is 118 cm³/mol. The molecule has 2 atom stereocenters. The number of nitrogens with two attached hydrogens (primary N) is 1. The summed E-state index contributed by atoms with van der Waals surface area (Å²) in [5, 5.41) is 1.44. The summed E-state index contributed by atoms with van der Waals surface area (Å²) in [6.45, 7) is 0.252. The molecule has 8 nitrogen and oxygen atoms in total. The summed E-state index contributed by atoms with van der Waals surface area (Å²) < 4.78 is 37.9. The Morgan fingerprint density at radius 1 is 1.43 bits per heavy atom. The van der Waals surface area contributed by atoms with Gasteiger partial charge < -0.3 is 20.2 Å². The van der Waals surface area contributed by atoms with Crippen LogP contribution in [0.5, 0.6) is 5.75 Å². The molecule has 1 fully saturated rings. The van der Waals surface area contributed by atoms with Crippen molar-refractivity contribution in [2.45, 2.75) is 17.4 Å². The van der Waals surface area contributed by atoms with E-state index in [1.54, 1.807) is 7.11 Å². The van der Waals surface area contributed by atoms with Gasteiger partial charge in [0.05, 0.1) is 39.7 Å². The van der Waals surface area contributed by atoms with Crippen molar-refractivity contribution in [1.82, 2.24) is 9.29 Å². The zero-order chi connectivity index (χ0) is 21.3. The number of H-pyrrole nitrogens is 1. The highest BCUT2D eigenvalue weighted by Crippen LogP contribution is 2.52. The molecule has 2 aromatic heterocycles. The molecule has 2 aliphatic rings. The Kier molecular flexibility index (Phi) is 4.34. The number of methoxy groups -OCH3 is 1. The highest BCUT2D eigenvalue weighted by molar-refractivity contribution is 7.90. The number of rotatable bonds is 3. The van der Waals surface area contributed by atoms with Crippen LogP contribution in [-0.4, -0.2) is 49.9 Å². The highest BCUT2D eigenvalue weighted by atomic mass is 35.5. The summed E-state index contributed by atoms with van der Waals surface area (Å²) in [6, 6.07) is 9.62. The van der Waals surface area contributed by atoms with E-state index in [2.05, 4.69) is 9.98 Å². The van der Waals surface area contributed by atoms with Crippen molar-refractivity contribution in [1.29, 1.82) is 0 Å². The molecule has 4 heterocycles. The first-order valence-electron chi connectivity index (χ1n) is 9.18. The summed E-state index contributed by atoms with van der Waals surface area (Å²) in [5.74, 6) is 0.668. The van der Waals surface area contributed by atoms with Gasteiger partial charge in [-0.3, -0.25) is 0 Å². The number of hydrogen-bond acceptors (Lipinski definition) is 7. The number of hydrogen-bond donors (Lipinski definition) is 2. The van der Waals surface area contributed by atoms with E-state index in [9.17, 15) is 8.42 Å². The second-order valence-electron chi connectivity index (χ2n) is 7.25. The van der Waals surface area contributed by atoms with Crippen molar-refractivity contribution in [2.75, 3.05) is 20.8 Å². The first-order valence-corrected chi connectivity index (χ1v) is 11.9. The van der Waals surface area contributed by atoms with Crippen LogP contribution in [0.3, 0.4) is 0 Å². The molecule has 158 valence electrons. The first kappa shape index (κ1) is 19.7. The van der Waals surface area contributed by atoms with E-state index >= 15 is 0 Å². The van der Waals surface area contributed by atoms with Crippen LogP contribution in [-0.2, 0) is 20.3 Å². The summed E-state index contributed by atoms with van der Waals surface area (Å²) in [6.07, 6.45) is 0.381. The van der Waals surface area contributed by atoms with E-state index in [1.807, 2.05) is 30.3 Å². The SMILES string of the molecule is COc1cccc2cc(-c3cc(Cl)c(C45CCOC4S(=O)(=O)N(C)C(N)=N5)s3)[nH]c12. The fourth-order valence-corrected chi connectivity index (χ4v) is 7.44. The van der Waals surface area contributed by atoms with E-state index in [4.69, 9.17) is 26.8 Å². The molecular weight excluding hydrogens is 448 g/mol. The average molecular weight is 467 g/mol. The Hall–Kier alpha value is -2.27. The molecule has 3 N–H and O–H groups in total. The van der Waals surface area contributed by atoms with Crippen LogP contribution in [0, 0.1) is 0 Å². The number of fused-ring (bicyclic) bond motifs is 2. The molecule has 5 rings (SSSR count). The lowest BCUT2D eigenvalue weighted by Gasteiger charge is -2.37. The molecule has 11 heteroatoms. The molecule has 0 amide bonds. The Morgan fingerprint density at radius 3 is 3.00 bits per heavy atom. The van der Waals surface area contributed by atoms with Gasteiger partial charge in [-0.05, 0) is 18.2 Å². The van der Waals surface area contributed by atoms with Gasteiger partial charge in [0.1, 0.15) is 11.3 Å². The van der Waals surface area contributed by atoms with E-state index in [1.165, 1.54) is 18.4 Å². The van der Waals surface area contributed by atoms with Crippen LogP contribution in [0.2, 0.25) is 5.02 Å². The third-order valence-electron chi connectivity index (χ3n) is 5.61. The molecule has 1 saturated heterocycles. The highest BCUT2D eigenvalue weighted by Gasteiger charge is 2.59. The predicted octanol–water partition coefficient (Wildman–Crippen LogP) is 3.09. The van der Waals surface area contributed by atoms with E-state index in [0.717, 1.165) is 31.5 Å². The van der Waals surface area contributed by atoms with Gasteiger partial charge in [0, 0.05) is 18.9 Å². The van der Waals surface area contributed by atoms with Gasteiger partial charge >= 0.3 is 0 Å². The van der Waals surface area contributed by atoms with Gasteiger partial charge in [0.25, 0.3) is 10.0 Å². The van der Waals surface area contributed by atoms with Crippen LogP contribution in [0.1, 0.15) is 11.3 Å². The number of sulfonamides is 1. The van der Waals surface area contributed by atoms with Crippen molar-refractivity contribution in [3.63, 3.8) is 0 Å². The van der Waals surface area contributed by atoms with E-state index < -0.39 is 21.0 Å². The van der Waals surface area contributed by atoms with Crippen molar-refractivity contribution in [3.8, 4) is 16.3 Å². The standard InChI is InChI=1S/C19H19ClN4O4S2/c1-24-18(21)23-19(6-7-28-17(19)30(24,25)26)16-11(20)9-14(29-16)12-8-10-4-3-5-13(27-2)15(10)22-12/h3-5,8-9,17,22H,6-7H2,1-2H3,(H2,21,23). The molecule has 3 aromatic rings. The van der Waals surface area contributed by atoms with Crippen molar-refractivity contribution < 1.29 is 17.9 Å². The maximum absolute atomic E-state index is 12.9. The van der Waals surface area contributed by atoms with E-state index in [0.29, 0.717) is 16.3 Å². The number of aliphatic imine (C=N–C) groups is 1. The number of thiophene rings is 1. The van der Waals surface area contributed by atoms with Crippen LogP contribution >= 0.6 is 22.9 Å². The zero-order valence-corrected chi connectivity index (χ0v) is 18.6. The number of guanidine groups is 1. The minimum atomic E-state index is -3.82. The number of ether oxygens (including phenoxy) is 2. The van der Waals surface area contributed by atoms with Gasteiger partial charge in [-0.15, -0.1) is 11.3 Å². The quantitative estimate of drug-likeness (QED) is 0.616. The molecule has 30 heavy (non-hydrogen) atoms. The van der Waals surface area contributed by atoms with Crippen LogP contribution in [0.15, 0.2) is 35.3 Å². The average Bonchev–Trinajstić information content (AvgIpc) is 3.42. The van der Waals surface area contributed by atoms with Gasteiger partial charge in [0.2, 0.25) is 11.4 Å². The molecular formula is C19H19ClN4O4S2. The maximum atomic E-state index is 12.9. The summed E-state index contributed by atoms with van der Waals surface area (Å²) in [7, 11) is -0.821. The number of halogens is 1. The van der Waals surface area contributed by atoms with Gasteiger partial charge in [-0.2, -0.15) is 0 Å². The van der Waals surface area contributed by atoms with E-state index in [-0.39, 0.29) is 12.6 Å². The smallest absolute Gasteiger partial charge is 0.267 e. The Bertz CT molecular complexity index is 1300. The second kappa shape index (κ2) is 6.61. The number of aromatic nitrogens is 1. The summed E-state index contributed by atoms with van der Waals surface area (Å²) >= 11 is 8.01. The number of benzene rings is 1. The molecule has 1 aromatic carbocycles. The summed E-state index contributed by atoms with van der Waals surface area (Å²) in [4.78, 5) is 9.44. The monoisotopic (exact) mass is 466 g/mol. The lowest BCUT2D eigenvalue weighted by molar-refractivity contribution is 0.135. The minimum absolute atomic E-state index is 0.0712. The van der Waals surface area contributed by atoms with Gasteiger partial charge in [-0.25, -0.2) is 17.7 Å². The largest absolute Gasteiger partial charge is 0.495 e. The molecule has 2 unspecified atom stereocenters.